The molecule has 1 aliphatic rings. The van der Waals surface area contributed by atoms with E-state index in [9.17, 15) is 0 Å². The molecule has 1 aromatic rings. The summed E-state index contributed by atoms with van der Waals surface area (Å²) in [6, 6.07) is 6.58. The monoisotopic (exact) mass is 291 g/mol. The molecule has 1 atom stereocenters. The number of unbranched alkanes of at least 4 members (excludes halogenated alkanes) is 4. The van der Waals surface area contributed by atoms with E-state index in [1.165, 1.54) is 31.2 Å². The van der Waals surface area contributed by atoms with Crippen molar-refractivity contribution in [3.63, 3.8) is 0 Å². The van der Waals surface area contributed by atoms with Gasteiger partial charge in [-0.15, -0.1) is 0 Å². The molecule has 0 fully saturated rings. The fourth-order valence-electron chi connectivity index (χ4n) is 2.66. The third kappa shape index (κ3) is 4.92. The molecule has 1 aliphatic heterocycles. The van der Waals surface area contributed by atoms with E-state index in [1.807, 2.05) is 6.07 Å². The fraction of sp³-hybridized carbons (Fsp3) is 0.667. The molecule has 0 bridgehead atoms. The standard InChI is InChI=1S/C18H29NO2/c1-3-5-6-7-8-12-20-15-9-10-16-17(19-11-4-2)14-21-18(16)13-15/h9-10,13,17,19H,3-8,11-12,14H2,1-2H3. The second-order valence-electron chi connectivity index (χ2n) is 5.78. The lowest BCUT2D eigenvalue weighted by Gasteiger charge is -2.11. The molecule has 0 amide bonds. The Labute approximate surface area is 129 Å². The van der Waals surface area contributed by atoms with Crippen molar-refractivity contribution in [1.82, 2.24) is 5.32 Å². The van der Waals surface area contributed by atoms with Crippen molar-refractivity contribution in [3.05, 3.63) is 23.8 Å². The first-order valence-corrected chi connectivity index (χ1v) is 8.48. The van der Waals surface area contributed by atoms with Crippen molar-refractivity contribution < 1.29 is 9.47 Å². The van der Waals surface area contributed by atoms with Crippen LogP contribution in [0.25, 0.3) is 0 Å². The highest BCUT2D eigenvalue weighted by Crippen LogP contribution is 2.35. The Balaban J connectivity index is 1.76. The molecule has 1 aromatic carbocycles. The van der Waals surface area contributed by atoms with Crippen molar-refractivity contribution in [2.24, 2.45) is 0 Å². The van der Waals surface area contributed by atoms with Gasteiger partial charge in [-0.05, 0) is 31.5 Å². The number of ether oxygens (including phenoxy) is 2. The SMILES string of the molecule is CCCCCCCOc1ccc2c(c1)OCC2NCCC. The summed E-state index contributed by atoms with van der Waals surface area (Å²) >= 11 is 0. The van der Waals surface area contributed by atoms with Gasteiger partial charge in [-0.3, -0.25) is 0 Å². The van der Waals surface area contributed by atoms with Gasteiger partial charge in [0, 0.05) is 11.6 Å². The van der Waals surface area contributed by atoms with E-state index >= 15 is 0 Å². The topological polar surface area (TPSA) is 30.5 Å². The predicted molar refractivity (Wildman–Crippen MR) is 87.2 cm³/mol. The summed E-state index contributed by atoms with van der Waals surface area (Å²) in [6.45, 7) is 6.99. The van der Waals surface area contributed by atoms with Gasteiger partial charge in [0.05, 0.1) is 12.6 Å². The average Bonchev–Trinajstić information content (AvgIpc) is 2.91. The van der Waals surface area contributed by atoms with Gasteiger partial charge in [-0.2, -0.15) is 0 Å². The van der Waals surface area contributed by atoms with E-state index in [2.05, 4.69) is 31.3 Å². The number of fused-ring (bicyclic) bond motifs is 1. The van der Waals surface area contributed by atoms with Crippen molar-refractivity contribution in [2.75, 3.05) is 19.8 Å². The van der Waals surface area contributed by atoms with Gasteiger partial charge in [-0.1, -0.05) is 39.5 Å². The van der Waals surface area contributed by atoms with Crippen LogP contribution in [0.1, 0.15) is 64.0 Å². The summed E-state index contributed by atoms with van der Waals surface area (Å²) in [6.07, 6.45) is 7.48. The lowest BCUT2D eigenvalue weighted by atomic mass is 10.1. The van der Waals surface area contributed by atoms with Gasteiger partial charge in [0.1, 0.15) is 18.1 Å². The molecule has 118 valence electrons. The third-order valence-electron chi connectivity index (χ3n) is 3.92. The maximum absolute atomic E-state index is 5.83. The highest BCUT2D eigenvalue weighted by Gasteiger charge is 2.23. The number of benzene rings is 1. The zero-order valence-corrected chi connectivity index (χ0v) is 13.5. The largest absolute Gasteiger partial charge is 0.493 e. The summed E-state index contributed by atoms with van der Waals surface area (Å²) in [5.41, 5.74) is 1.26. The van der Waals surface area contributed by atoms with Gasteiger partial charge < -0.3 is 14.8 Å². The summed E-state index contributed by atoms with van der Waals surface area (Å²) < 4.78 is 11.6. The predicted octanol–water partition coefficient (Wildman–Crippen LogP) is 4.47. The Morgan fingerprint density at radius 3 is 2.81 bits per heavy atom. The molecular weight excluding hydrogens is 262 g/mol. The smallest absolute Gasteiger partial charge is 0.127 e. The summed E-state index contributed by atoms with van der Waals surface area (Å²) in [7, 11) is 0. The second kappa shape index (κ2) is 8.93. The van der Waals surface area contributed by atoms with Gasteiger partial charge in [-0.25, -0.2) is 0 Å². The Morgan fingerprint density at radius 2 is 2.00 bits per heavy atom. The first kappa shape index (κ1) is 16.2. The van der Waals surface area contributed by atoms with E-state index in [1.54, 1.807) is 0 Å². The Bertz CT molecular complexity index is 420. The average molecular weight is 291 g/mol. The van der Waals surface area contributed by atoms with Crippen LogP contribution in [0.5, 0.6) is 11.5 Å². The maximum Gasteiger partial charge on any atom is 0.127 e. The molecule has 0 aromatic heterocycles. The molecule has 0 saturated carbocycles. The highest BCUT2D eigenvalue weighted by atomic mass is 16.5. The molecule has 0 aliphatic carbocycles. The van der Waals surface area contributed by atoms with Gasteiger partial charge in [0.25, 0.3) is 0 Å². The summed E-state index contributed by atoms with van der Waals surface area (Å²) in [5, 5.41) is 3.51. The summed E-state index contributed by atoms with van der Waals surface area (Å²) in [5.74, 6) is 1.91. The number of hydrogen-bond acceptors (Lipinski definition) is 3. The maximum atomic E-state index is 5.83. The first-order valence-electron chi connectivity index (χ1n) is 8.48. The van der Waals surface area contributed by atoms with Gasteiger partial charge >= 0.3 is 0 Å². The first-order chi connectivity index (χ1) is 10.3. The Kier molecular flexibility index (Phi) is 6.87. The van der Waals surface area contributed by atoms with Crippen molar-refractivity contribution in [3.8, 4) is 11.5 Å². The van der Waals surface area contributed by atoms with Crippen molar-refractivity contribution in [1.29, 1.82) is 0 Å². The van der Waals surface area contributed by atoms with Crippen LogP contribution in [0, 0.1) is 0 Å². The van der Waals surface area contributed by atoms with Crippen molar-refractivity contribution in [2.45, 2.75) is 58.4 Å². The zero-order valence-electron chi connectivity index (χ0n) is 13.5. The fourth-order valence-corrected chi connectivity index (χ4v) is 2.66. The quantitative estimate of drug-likeness (QED) is 0.645. The number of nitrogens with one attached hydrogen (secondary N) is 1. The molecule has 3 heteroatoms. The van der Waals surface area contributed by atoms with Crippen molar-refractivity contribution >= 4 is 0 Å². The lowest BCUT2D eigenvalue weighted by molar-refractivity contribution is 0.296. The van der Waals surface area contributed by atoms with E-state index in [0.717, 1.165) is 44.1 Å². The molecule has 0 spiro atoms. The molecule has 0 saturated heterocycles. The van der Waals surface area contributed by atoms with Crippen LogP contribution in [0.15, 0.2) is 18.2 Å². The molecule has 21 heavy (non-hydrogen) atoms. The lowest BCUT2D eigenvalue weighted by Crippen LogP contribution is -2.22. The van der Waals surface area contributed by atoms with E-state index in [-0.39, 0.29) is 0 Å². The molecule has 0 radical (unpaired) electrons. The minimum atomic E-state index is 0.336. The zero-order chi connectivity index (χ0) is 14.9. The van der Waals surface area contributed by atoms with Crippen LogP contribution in [-0.4, -0.2) is 19.8 Å². The molecule has 1 unspecified atom stereocenters. The Morgan fingerprint density at radius 1 is 1.14 bits per heavy atom. The van der Waals surface area contributed by atoms with Crippen LogP contribution in [0.4, 0.5) is 0 Å². The highest BCUT2D eigenvalue weighted by molar-refractivity contribution is 5.45. The number of rotatable bonds is 10. The number of hydrogen-bond donors (Lipinski definition) is 1. The minimum absolute atomic E-state index is 0.336. The summed E-state index contributed by atoms with van der Waals surface area (Å²) in [4.78, 5) is 0. The van der Waals surface area contributed by atoms with Crippen LogP contribution in [-0.2, 0) is 0 Å². The molecular formula is C18H29NO2. The molecule has 1 N–H and O–H groups in total. The van der Waals surface area contributed by atoms with Crippen LogP contribution >= 0.6 is 0 Å². The van der Waals surface area contributed by atoms with Gasteiger partial charge in [0.2, 0.25) is 0 Å². The van der Waals surface area contributed by atoms with E-state index in [4.69, 9.17) is 9.47 Å². The van der Waals surface area contributed by atoms with E-state index in [0.29, 0.717) is 6.04 Å². The van der Waals surface area contributed by atoms with Gasteiger partial charge in [0.15, 0.2) is 0 Å². The molecule has 2 rings (SSSR count). The second-order valence-corrected chi connectivity index (χ2v) is 5.78. The molecule has 3 nitrogen and oxygen atoms in total. The Hall–Kier alpha value is -1.22. The normalized spacial score (nSPS) is 16.6. The van der Waals surface area contributed by atoms with E-state index < -0.39 is 0 Å². The van der Waals surface area contributed by atoms with Crippen LogP contribution < -0.4 is 14.8 Å². The van der Waals surface area contributed by atoms with Crippen LogP contribution in [0.2, 0.25) is 0 Å². The minimum Gasteiger partial charge on any atom is -0.493 e. The van der Waals surface area contributed by atoms with Crippen LogP contribution in [0.3, 0.4) is 0 Å². The third-order valence-corrected chi connectivity index (χ3v) is 3.92. The molecule has 1 heterocycles.